The maximum absolute atomic E-state index is 11.7. The number of rotatable bonds is 6. The zero-order valence-corrected chi connectivity index (χ0v) is 19.4. The van der Waals surface area contributed by atoms with Gasteiger partial charge in [-0.3, -0.25) is 0 Å². The number of carbonyl (C=O) groups is 2. The lowest BCUT2D eigenvalue weighted by atomic mass is 10.1. The predicted molar refractivity (Wildman–Crippen MR) is 133 cm³/mol. The van der Waals surface area contributed by atoms with E-state index >= 15 is 0 Å². The van der Waals surface area contributed by atoms with Gasteiger partial charge in [0, 0.05) is 12.1 Å². The van der Waals surface area contributed by atoms with E-state index in [4.69, 9.17) is 18.9 Å². The number of hydrogen-bond donors (Lipinski definition) is 0. The third-order valence-electron chi connectivity index (χ3n) is 5.53. The van der Waals surface area contributed by atoms with Crippen LogP contribution in [0.4, 0.5) is 0 Å². The van der Waals surface area contributed by atoms with E-state index in [0.29, 0.717) is 34.4 Å². The van der Waals surface area contributed by atoms with Gasteiger partial charge in [-0.25, -0.2) is 9.59 Å². The molecule has 5 rings (SSSR count). The lowest BCUT2D eigenvalue weighted by Gasteiger charge is -2.08. The standard InChI is InChI=1S/C28H20N2O6/c1-33-27(31)21-5-3-19-15-23(9-7-17(19)13-21)35-25-11-12-26(30-29-25)36-24-10-8-18-14-22(28(32)34-2)6-4-20(18)16-24/h3-16H,1-2H3. The Kier molecular flexibility index (Phi) is 6.15. The van der Waals surface area contributed by atoms with Gasteiger partial charge in [0.25, 0.3) is 0 Å². The van der Waals surface area contributed by atoms with Crippen molar-refractivity contribution in [3.63, 3.8) is 0 Å². The highest BCUT2D eigenvalue weighted by atomic mass is 16.5. The fourth-order valence-corrected chi connectivity index (χ4v) is 3.72. The molecule has 1 heterocycles. The molecule has 0 amide bonds. The van der Waals surface area contributed by atoms with Crippen molar-refractivity contribution in [1.82, 2.24) is 10.2 Å². The number of nitrogens with zero attached hydrogens (tertiary/aromatic N) is 2. The Hall–Kier alpha value is -4.98. The molecule has 4 aromatic carbocycles. The molecule has 0 aliphatic carbocycles. The maximum atomic E-state index is 11.7. The molecule has 0 spiro atoms. The average molecular weight is 480 g/mol. The molecule has 178 valence electrons. The Morgan fingerprint density at radius 2 is 0.917 bits per heavy atom. The number of aromatic nitrogens is 2. The van der Waals surface area contributed by atoms with Crippen LogP contribution in [0.3, 0.4) is 0 Å². The Balaban J connectivity index is 1.28. The van der Waals surface area contributed by atoms with Crippen molar-refractivity contribution in [3.05, 3.63) is 96.1 Å². The van der Waals surface area contributed by atoms with Crippen LogP contribution in [0.15, 0.2) is 84.9 Å². The highest BCUT2D eigenvalue weighted by Gasteiger charge is 2.09. The average Bonchev–Trinajstić information content (AvgIpc) is 2.92. The molecule has 8 heteroatoms. The van der Waals surface area contributed by atoms with E-state index < -0.39 is 0 Å². The minimum absolute atomic E-state index is 0.307. The number of carbonyl (C=O) groups excluding carboxylic acids is 2. The van der Waals surface area contributed by atoms with Crippen LogP contribution in [0, 0.1) is 0 Å². The molecule has 0 aliphatic heterocycles. The van der Waals surface area contributed by atoms with Crippen LogP contribution in [0.5, 0.6) is 23.3 Å². The normalized spacial score (nSPS) is 10.7. The van der Waals surface area contributed by atoms with Gasteiger partial charge in [-0.2, -0.15) is 0 Å². The van der Waals surface area contributed by atoms with Crippen LogP contribution in [0.1, 0.15) is 20.7 Å². The monoisotopic (exact) mass is 480 g/mol. The summed E-state index contributed by atoms with van der Waals surface area (Å²) in [5.74, 6) is 1.01. The highest BCUT2D eigenvalue weighted by molar-refractivity contribution is 5.96. The van der Waals surface area contributed by atoms with Gasteiger partial charge < -0.3 is 18.9 Å². The minimum atomic E-state index is -0.383. The molecule has 1 aromatic heterocycles. The second-order valence-corrected chi connectivity index (χ2v) is 7.84. The largest absolute Gasteiger partial charge is 0.465 e. The molecule has 0 fully saturated rings. The van der Waals surface area contributed by atoms with Crippen molar-refractivity contribution in [2.24, 2.45) is 0 Å². The number of fused-ring (bicyclic) bond motifs is 2. The molecular weight excluding hydrogens is 460 g/mol. The third-order valence-corrected chi connectivity index (χ3v) is 5.53. The summed E-state index contributed by atoms with van der Waals surface area (Å²) in [6.07, 6.45) is 0. The first-order valence-corrected chi connectivity index (χ1v) is 11.0. The first-order valence-electron chi connectivity index (χ1n) is 11.0. The van der Waals surface area contributed by atoms with Gasteiger partial charge in [0.2, 0.25) is 11.8 Å². The van der Waals surface area contributed by atoms with Crippen LogP contribution in [0.2, 0.25) is 0 Å². The second-order valence-electron chi connectivity index (χ2n) is 7.84. The quantitative estimate of drug-likeness (QED) is 0.276. The van der Waals surface area contributed by atoms with Crippen molar-refractivity contribution >= 4 is 33.5 Å². The van der Waals surface area contributed by atoms with Crippen molar-refractivity contribution in [2.45, 2.75) is 0 Å². The zero-order chi connectivity index (χ0) is 25.1. The second kappa shape index (κ2) is 9.71. The summed E-state index contributed by atoms with van der Waals surface area (Å²) in [7, 11) is 2.71. The fraction of sp³-hybridized carbons (Fsp3) is 0.0714. The summed E-state index contributed by atoms with van der Waals surface area (Å²) in [6.45, 7) is 0. The van der Waals surface area contributed by atoms with Crippen molar-refractivity contribution in [2.75, 3.05) is 14.2 Å². The van der Waals surface area contributed by atoms with Gasteiger partial charge in [0.15, 0.2) is 0 Å². The van der Waals surface area contributed by atoms with Gasteiger partial charge in [-0.15, -0.1) is 10.2 Å². The highest BCUT2D eigenvalue weighted by Crippen LogP contribution is 2.28. The Bertz CT molecular complexity index is 1480. The molecule has 0 aliphatic rings. The smallest absolute Gasteiger partial charge is 0.337 e. The van der Waals surface area contributed by atoms with Gasteiger partial charge in [-0.1, -0.05) is 24.3 Å². The van der Waals surface area contributed by atoms with E-state index in [1.165, 1.54) is 14.2 Å². The van der Waals surface area contributed by atoms with E-state index in [2.05, 4.69) is 10.2 Å². The number of esters is 2. The molecule has 0 radical (unpaired) electrons. The molecule has 0 saturated heterocycles. The number of methoxy groups -OCH3 is 2. The van der Waals surface area contributed by atoms with E-state index in [-0.39, 0.29) is 11.9 Å². The first-order chi connectivity index (χ1) is 17.5. The van der Waals surface area contributed by atoms with Crippen LogP contribution in [-0.4, -0.2) is 36.4 Å². The molecule has 0 saturated carbocycles. The Morgan fingerprint density at radius 3 is 1.31 bits per heavy atom. The van der Waals surface area contributed by atoms with Crippen molar-refractivity contribution in [1.29, 1.82) is 0 Å². The summed E-state index contributed by atoms with van der Waals surface area (Å²) in [6, 6.07) is 24.9. The van der Waals surface area contributed by atoms with Crippen molar-refractivity contribution in [3.8, 4) is 23.3 Å². The van der Waals surface area contributed by atoms with Crippen LogP contribution >= 0.6 is 0 Å². The third kappa shape index (κ3) is 4.78. The van der Waals surface area contributed by atoms with Gasteiger partial charge in [0.05, 0.1) is 25.3 Å². The van der Waals surface area contributed by atoms with E-state index in [9.17, 15) is 9.59 Å². The van der Waals surface area contributed by atoms with Crippen molar-refractivity contribution < 1.29 is 28.5 Å². The number of hydrogen-bond acceptors (Lipinski definition) is 8. The molecule has 36 heavy (non-hydrogen) atoms. The Labute approximate surface area is 206 Å². The molecule has 5 aromatic rings. The van der Waals surface area contributed by atoms with Crippen LogP contribution in [-0.2, 0) is 9.47 Å². The molecular formula is C28H20N2O6. The lowest BCUT2D eigenvalue weighted by Crippen LogP contribution is -2.00. The van der Waals surface area contributed by atoms with Crippen LogP contribution < -0.4 is 9.47 Å². The molecule has 0 bridgehead atoms. The first kappa shape index (κ1) is 22.8. The summed E-state index contributed by atoms with van der Waals surface area (Å²) >= 11 is 0. The molecule has 0 atom stereocenters. The SMILES string of the molecule is COC(=O)c1ccc2cc(Oc3ccc(Oc4ccc5cc(C(=O)OC)ccc5c4)nn3)ccc2c1. The Morgan fingerprint density at radius 1 is 0.528 bits per heavy atom. The fourth-order valence-electron chi connectivity index (χ4n) is 3.72. The molecule has 0 unspecified atom stereocenters. The topological polar surface area (TPSA) is 96.8 Å². The van der Waals surface area contributed by atoms with Gasteiger partial charge in [0.1, 0.15) is 11.5 Å². The van der Waals surface area contributed by atoms with E-state index in [1.54, 1.807) is 48.5 Å². The molecule has 8 nitrogen and oxygen atoms in total. The van der Waals surface area contributed by atoms with E-state index in [0.717, 1.165) is 21.5 Å². The predicted octanol–water partition coefficient (Wildman–Crippen LogP) is 5.94. The van der Waals surface area contributed by atoms with Crippen LogP contribution in [0.25, 0.3) is 21.5 Å². The number of benzene rings is 4. The summed E-state index contributed by atoms with van der Waals surface area (Å²) < 4.78 is 21.2. The summed E-state index contributed by atoms with van der Waals surface area (Å²) in [4.78, 5) is 23.4. The lowest BCUT2D eigenvalue weighted by molar-refractivity contribution is 0.0592. The zero-order valence-electron chi connectivity index (χ0n) is 19.4. The molecule has 0 N–H and O–H groups in total. The minimum Gasteiger partial charge on any atom is -0.465 e. The van der Waals surface area contributed by atoms with E-state index in [1.807, 2.05) is 36.4 Å². The summed E-state index contributed by atoms with van der Waals surface area (Å²) in [5, 5.41) is 11.8. The number of ether oxygens (including phenoxy) is 4. The van der Waals surface area contributed by atoms with Gasteiger partial charge in [-0.05, 0) is 70.1 Å². The maximum Gasteiger partial charge on any atom is 0.337 e. The van der Waals surface area contributed by atoms with Gasteiger partial charge >= 0.3 is 11.9 Å². The summed E-state index contributed by atoms with van der Waals surface area (Å²) in [5.41, 5.74) is 0.968.